The van der Waals surface area contributed by atoms with Crippen LogP contribution in [0.3, 0.4) is 0 Å². The maximum atomic E-state index is 10.4. The summed E-state index contributed by atoms with van der Waals surface area (Å²) in [5, 5.41) is 2.45. The van der Waals surface area contributed by atoms with E-state index in [-0.39, 0.29) is 0 Å². The molecule has 0 aliphatic carbocycles. The largest absolute Gasteiger partial charge is 0.351 e. The third kappa shape index (κ3) is 19.0. The fourth-order valence-electron chi connectivity index (χ4n) is 2.68. The molecule has 0 radical (unpaired) electrons. The van der Waals surface area contributed by atoms with E-state index in [1.54, 1.807) is 6.20 Å². The van der Waals surface area contributed by atoms with E-state index in [4.69, 9.17) is 5.73 Å². The second-order valence-electron chi connectivity index (χ2n) is 6.30. The Hall–Kier alpha value is -0.990. The Morgan fingerprint density at radius 3 is 1.59 bits per heavy atom. The number of carbonyl (C=O) groups is 1. The van der Waals surface area contributed by atoms with Crippen molar-refractivity contribution in [2.24, 2.45) is 5.73 Å². The van der Waals surface area contributed by atoms with Crippen LogP contribution < -0.4 is 11.1 Å². The molecule has 0 aliphatic rings. The van der Waals surface area contributed by atoms with E-state index in [1.165, 1.54) is 89.9 Å². The Balaban J connectivity index is 3.02. The number of nitrogens with one attached hydrogen (secondary N) is 1. The van der Waals surface area contributed by atoms with Crippen LogP contribution in [0.2, 0.25) is 0 Å². The van der Waals surface area contributed by atoms with Crippen LogP contribution in [0.25, 0.3) is 0 Å². The number of urea groups is 1. The molecule has 0 fully saturated rings. The lowest BCUT2D eigenvalue weighted by atomic mass is 10.0. The van der Waals surface area contributed by atoms with Crippen molar-refractivity contribution in [2.75, 3.05) is 0 Å². The van der Waals surface area contributed by atoms with Gasteiger partial charge in [0.1, 0.15) is 0 Å². The Morgan fingerprint density at radius 1 is 0.773 bits per heavy atom. The summed E-state index contributed by atoms with van der Waals surface area (Å²) in [6, 6.07) is -0.489. The van der Waals surface area contributed by atoms with Crippen molar-refractivity contribution in [1.29, 1.82) is 0 Å². The van der Waals surface area contributed by atoms with Gasteiger partial charge in [0.2, 0.25) is 0 Å². The van der Waals surface area contributed by atoms with Gasteiger partial charge in [-0.2, -0.15) is 0 Å². The van der Waals surface area contributed by atoms with E-state index >= 15 is 0 Å². The highest BCUT2D eigenvalue weighted by molar-refractivity contribution is 5.72. The normalized spacial score (nSPS) is 11.1. The second-order valence-corrected chi connectivity index (χ2v) is 6.30. The minimum absolute atomic E-state index is 0.489. The third-order valence-corrected chi connectivity index (χ3v) is 4.07. The molecule has 0 atom stereocenters. The predicted molar refractivity (Wildman–Crippen MR) is 96.8 cm³/mol. The van der Waals surface area contributed by atoms with E-state index in [1.807, 2.05) is 6.08 Å². The molecule has 0 saturated carbocycles. The van der Waals surface area contributed by atoms with Crippen molar-refractivity contribution >= 4 is 6.03 Å². The third-order valence-electron chi connectivity index (χ3n) is 4.07. The van der Waals surface area contributed by atoms with E-state index in [0.717, 1.165) is 6.42 Å². The van der Waals surface area contributed by atoms with Crippen LogP contribution in [0.15, 0.2) is 12.3 Å². The summed E-state index contributed by atoms with van der Waals surface area (Å²) in [6.07, 6.45) is 24.0. The van der Waals surface area contributed by atoms with Gasteiger partial charge >= 0.3 is 6.03 Å². The first-order valence-corrected chi connectivity index (χ1v) is 9.48. The Bertz CT molecular complexity index is 264. The summed E-state index contributed by atoms with van der Waals surface area (Å²) in [5.74, 6) is 0. The maximum absolute atomic E-state index is 10.4. The van der Waals surface area contributed by atoms with Crippen molar-refractivity contribution in [3.63, 3.8) is 0 Å². The van der Waals surface area contributed by atoms with Crippen LogP contribution in [-0.4, -0.2) is 6.03 Å². The molecule has 0 aromatic heterocycles. The van der Waals surface area contributed by atoms with Crippen LogP contribution in [0.1, 0.15) is 103 Å². The molecule has 2 amide bonds. The number of primary amides is 1. The summed E-state index contributed by atoms with van der Waals surface area (Å²) in [6.45, 7) is 2.28. The van der Waals surface area contributed by atoms with Gasteiger partial charge in [-0.05, 0) is 12.8 Å². The standard InChI is InChI=1S/C19H38N2O/c1-2-3-4-5-6-7-8-9-10-11-12-13-14-15-16-17-18-21-19(20)22/h17-18H,2-16H2,1H3,(H3,20,21,22)/b18-17+. The summed E-state index contributed by atoms with van der Waals surface area (Å²) < 4.78 is 0. The highest BCUT2D eigenvalue weighted by atomic mass is 16.2. The minimum atomic E-state index is -0.489. The molecule has 0 heterocycles. The molecule has 0 aliphatic heterocycles. The lowest BCUT2D eigenvalue weighted by molar-refractivity contribution is 0.252. The SMILES string of the molecule is CCCCCCCCCCCCCCCC/C=C/NC(N)=O. The maximum Gasteiger partial charge on any atom is 0.316 e. The number of hydrogen-bond acceptors (Lipinski definition) is 1. The van der Waals surface area contributed by atoms with Crippen molar-refractivity contribution in [3.8, 4) is 0 Å². The molecule has 3 nitrogen and oxygen atoms in total. The molecular weight excluding hydrogens is 272 g/mol. The van der Waals surface area contributed by atoms with E-state index in [0.29, 0.717) is 0 Å². The smallest absolute Gasteiger partial charge is 0.316 e. The summed E-state index contributed by atoms with van der Waals surface area (Å²) in [5.41, 5.74) is 4.96. The summed E-state index contributed by atoms with van der Waals surface area (Å²) >= 11 is 0. The number of allylic oxidation sites excluding steroid dienone is 1. The first-order valence-electron chi connectivity index (χ1n) is 9.48. The monoisotopic (exact) mass is 310 g/mol. The fraction of sp³-hybridized carbons (Fsp3) is 0.842. The van der Waals surface area contributed by atoms with Crippen molar-refractivity contribution in [1.82, 2.24) is 5.32 Å². The summed E-state index contributed by atoms with van der Waals surface area (Å²) in [4.78, 5) is 10.4. The van der Waals surface area contributed by atoms with Crippen LogP contribution >= 0.6 is 0 Å². The number of carbonyl (C=O) groups excluding carboxylic acids is 1. The van der Waals surface area contributed by atoms with Crippen LogP contribution in [0.5, 0.6) is 0 Å². The number of rotatable bonds is 16. The lowest BCUT2D eigenvalue weighted by Crippen LogP contribution is -2.23. The van der Waals surface area contributed by atoms with E-state index in [9.17, 15) is 4.79 Å². The number of nitrogens with two attached hydrogens (primary N) is 1. The predicted octanol–water partition coefficient (Wildman–Crippen LogP) is 6.04. The first kappa shape index (κ1) is 21.0. The zero-order valence-electron chi connectivity index (χ0n) is 14.7. The molecular formula is C19H38N2O. The van der Waals surface area contributed by atoms with Crippen LogP contribution in [0, 0.1) is 0 Å². The molecule has 0 saturated heterocycles. The number of hydrogen-bond donors (Lipinski definition) is 2. The molecule has 130 valence electrons. The average molecular weight is 311 g/mol. The minimum Gasteiger partial charge on any atom is -0.351 e. The van der Waals surface area contributed by atoms with Crippen LogP contribution in [-0.2, 0) is 0 Å². The Morgan fingerprint density at radius 2 is 1.18 bits per heavy atom. The van der Waals surface area contributed by atoms with Gasteiger partial charge in [0.15, 0.2) is 0 Å². The Kier molecular flexibility index (Phi) is 17.2. The topological polar surface area (TPSA) is 55.1 Å². The first-order chi connectivity index (χ1) is 10.8. The van der Waals surface area contributed by atoms with E-state index in [2.05, 4.69) is 12.2 Å². The van der Waals surface area contributed by atoms with Gasteiger partial charge in [0.25, 0.3) is 0 Å². The van der Waals surface area contributed by atoms with Gasteiger partial charge in [0, 0.05) is 6.20 Å². The molecule has 0 bridgehead atoms. The highest BCUT2D eigenvalue weighted by Gasteiger charge is 1.93. The van der Waals surface area contributed by atoms with Gasteiger partial charge in [-0.3, -0.25) is 0 Å². The molecule has 0 rings (SSSR count). The molecule has 0 aromatic rings. The zero-order valence-corrected chi connectivity index (χ0v) is 14.7. The lowest BCUT2D eigenvalue weighted by Gasteiger charge is -2.02. The molecule has 0 unspecified atom stereocenters. The quantitative estimate of drug-likeness (QED) is 0.335. The fourth-order valence-corrected chi connectivity index (χ4v) is 2.68. The number of unbranched alkanes of at least 4 members (excludes halogenated alkanes) is 14. The van der Waals surface area contributed by atoms with Gasteiger partial charge in [-0.15, -0.1) is 0 Å². The molecule has 22 heavy (non-hydrogen) atoms. The zero-order chi connectivity index (χ0) is 16.3. The second kappa shape index (κ2) is 18.1. The molecule has 0 aromatic carbocycles. The molecule has 0 spiro atoms. The highest BCUT2D eigenvalue weighted by Crippen LogP contribution is 2.13. The van der Waals surface area contributed by atoms with Crippen molar-refractivity contribution in [2.45, 2.75) is 103 Å². The van der Waals surface area contributed by atoms with Gasteiger partial charge in [-0.25, -0.2) is 4.79 Å². The Labute approximate surface area is 138 Å². The van der Waals surface area contributed by atoms with Gasteiger partial charge in [0.05, 0.1) is 0 Å². The van der Waals surface area contributed by atoms with Crippen molar-refractivity contribution in [3.05, 3.63) is 12.3 Å². The molecule has 3 N–H and O–H groups in total. The van der Waals surface area contributed by atoms with Crippen LogP contribution in [0.4, 0.5) is 4.79 Å². The van der Waals surface area contributed by atoms with Gasteiger partial charge < -0.3 is 11.1 Å². The number of amides is 2. The molecule has 3 heteroatoms. The summed E-state index contributed by atoms with van der Waals surface area (Å²) in [7, 11) is 0. The van der Waals surface area contributed by atoms with E-state index < -0.39 is 6.03 Å². The average Bonchev–Trinajstić information content (AvgIpc) is 2.50. The van der Waals surface area contributed by atoms with Gasteiger partial charge in [-0.1, -0.05) is 96.5 Å². The van der Waals surface area contributed by atoms with Crippen molar-refractivity contribution < 1.29 is 4.79 Å².